The Balaban J connectivity index is 1.66. The van der Waals surface area contributed by atoms with Gasteiger partial charge in [-0.1, -0.05) is 34.1 Å². The highest BCUT2D eigenvalue weighted by molar-refractivity contribution is 5.66. The zero-order valence-corrected chi connectivity index (χ0v) is 21.9. The first-order valence-corrected chi connectivity index (χ1v) is 13.7. The molecule has 4 rings (SSSR count). The number of carbonyl (C=O) groups is 1. The number of halogens is 2. The molecule has 0 spiro atoms. The second-order valence-corrected chi connectivity index (χ2v) is 12.6. The summed E-state index contributed by atoms with van der Waals surface area (Å²) in [6.07, 6.45) is 5.49. The molecular formula is C28H43F2NO4. The number of alkyl halides is 2. The average Bonchev–Trinajstić information content (AvgIpc) is 3.14. The van der Waals surface area contributed by atoms with Gasteiger partial charge in [0.05, 0.1) is 12.6 Å². The first kappa shape index (κ1) is 26.7. The minimum Gasteiger partial charge on any atom is -0.456 e. The van der Waals surface area contributed by atoms with Gasteiger partial charge in [-0.2, -0.15) is 0 Å². The van der Waals surface area contributed by atoms with Crippen molar-refractivity contribution in [2.24, 2.45) is 57.2 Å². The number of esters is 1. The number of ether oxygens (including phenoxy) is 1. The van der Waals surface area contributed by atoms with Crippen molar-refractivity contribution in [1.29, 1.82) is 0 Å². The molecule has 0 amide bonds. The molecule has 198 valence electrons. The SMILES string of the molecule is CC[C@@H]1[C@@H]2C(F)(F)[C@H](OC(C)=O)CC[C@]2(C)C2CC[C@@]3(C)C(CCC3[C@H](C)CCN=C=O)C2[C@@H]1O. The summed E-state index contributed by atoms with van der Waals surface area (Å²) in [6.45, 7) is 10.2. The Kier molecular flexibility index (Phi) is 7.27. The van der Waals surface area contributed by atoms with Crippen LogP contribution in [0.3, 0.4) is 0 Å². The van der Waals surface area contributed by atoms with Crippen LogP contribution < -0.4 is 0 Å². The van der Waals surface area contributed by atoms with Crippen LogP contribution in [0, 0.1) is 52.3 Å². The maximum absolute atomic E-state index is 16.0. The van der Waals surface area contributed by atoms with Gasteiger partial charge < -0.3 is 9.84 Å². The predicted molar refractivity (Wildman–Crippen MR) is 128 cm³/mol. The van der Waals surface area contributed by atoms with E-state index in [1.165, 1.54) is 6.92 Å². The summed E-state index contributed by atoms with van der Waals surface area (Å²) in [7, 11) is 0. The van der Waals surface area contributed by atoms with E-state index >= 15 is 8.78 Å². The summed E-state index contributed by atoms with van der Waals surface area (Å²) >= 11 is 0. The molecule has 4 fully saturated rings. The topological polar surface area (TPSA) is 76.0 Å². The third-order valence-electron chi connectivity index (χ3n) is 11.2. The molecule has 0 aliphatic heterocycles. The molecule has 7 heteroatoms. The Morgan fingerprint density at radius 3 is 2.43 bits per heavy atom. The molecule has 35 heavy (non-hydrogen) atoms. The van der Waals surface area contributed by atoms with Crippen LogP contribution in [0.4, 0.5) is 8.78 Å². The molecule has 5 nitrogen and oxygen atoms in total. The largest absolute Gasteiger partial charge is 0.456 e. The Bertz CT molecular complexity index is 860. The first-order chi connectivity index (χ1) is 16.4. The summed E-state index contributed by atoms with van der Waals surface area (Å²) in [5.41, 5.74) is -0.528. The number of nitrogens with zero attached hydrogens (tertiary/aromatic N) is 1. The third kappa shape index (κ3) is 4.09. The number of carbonyl (C=O) groups excluding carboxylic acids is 2. The van der Waals surface area contributed by atoms with E-state index in [2.05, 4.69) is 18.8 Å². The van der Waals surface area contributed by atoms with E-state index in [0.29, 0.717) is 37.1 Å². The summed E-state index contributed by atoms with van der Waals surface area (Å²) in [4.78, 5) is 25.9. The van der Waals surface area contributed by atoms with Gasteiger partial charge in [0.15, 0.2) is 6.10 Å². The lowest BCUT2D eigenvalue weighted by molar-refractivity contribution is -0.289. The molecule has 4 aliphatic carbocycles. The molecule has 0 bridgehead atoms. The minimum atomic E-state index is -3.15. The van der Waals surface area contributed by atoms with Crippen molar-refractivity contribution in [3.63, 3.8) is 0 Å². The fraction of sp³-hybridized carbons (Fsp3) is 0.929. The normalized spacial score (nSPS) is 47.0. The second kappa shape index (κ2) is 9.52. The highest BCUT2D eigenvalue weighted by Gasteiger charge is 2.71. The second-order valence-electron chi connectivity index (χ2n) is 12.6. The van der Waals surface area contributed by atoms with Crippen molar-refractivity contribution in [2.75, 3.05) is 6.54 Å². The van der Waals surface area contributed by atoms with Gasteiger partial charge in [-0.3, -0.25) is 4.79 Å². The molecule has 0 aromatic rings. The number of hydrogen-bond donors (Lipinski definition) is 1. The number of aliphatic hydroxyl groups excluding tert-OH is 1. The highest BCUT2D eigenvalue weighted by atomic mass is 19.3. The van der Waals surface area contributed by atoms with Crippen LogP contribution in [0.1, 0.15) is 86.0 Å². The number of aliphatic hydroxyl groups is 1. The lowest BCUT2D eigenvalue weighted by Crippen LogP contribution is -2.68. The van der Waals surface area contributed by atoms with E-state index in [0.717, 1.165) is 32.1 Å². The maximum Gasteiger partial charge on any atom is 0.303 e. The molecule has 4 unspecified atom stereocenters. The van der Waals surface area contributed by atoms with Gasteiger partial charge in [0, 0.05) is 12.8 Å². The van der Waals surface area contributed by atoms with Crippen molar-refractivity contribution in [2.45, 2.75) is 104 Å². The van der Waals surface area contributed by atoms with E-state index in [1.807, 2.05) is 13.8 Å². The lowest BCUT2D eigenvalue weighted by Gasteiger charge is -2.66. The molecular weight excluding hydrogens is 452 g/mol. The van der Waals surface area contributed by atoms with E-state index < -0.39 is 41.4 Å². The van der Waals surface area contributed by atoms with Crippen LogP contribution in [0.5, 0.6) is 0 Å². The maximum atomic E-state index is 16.0. The zero-order valence-electron chi connectivity index (χ0n) is 21.9. The van der Waals surface area contributed by atoms with Gasteiger partial charge in [-0.25, -0.2) is 18.6 Å². The molecule has 0 saturated heterocycles. The molecule has 1 N–H and O–H groups in total. The summed E-state index contributed by atoms with van der Waals surface area (Å²) in [5, 5.41) is 11.8. The number of rotatable bonds is 6. The van der Waals surface area contributed by atoms with Gasteiger partial charge >= 0.3 is 5.97 Å². The first-order valence-electron chi connectivity index (χ1n) is 13.7. The van der Waals surface area contributed by atoms with Crippen LogP contribution in [-0.2, 0) is 14.3 Å². The number of aliphatic imine (C=N–C) groups is 1. The smallest absolute Gasteiger partial charge is 0.303 e. The van der Waals surface area contributed by atoms with E-state index in [1.54, 1.807) is 6.08 Å². The van der Waals surface area contributed by atoms with Crippen LogP contribution in [-0.4, -0.2) is 41.8 Å². The van der Waals surface area contributed by atoms with Crippen LogP contribution in [0.25, 0.3) is 0 Å². The monoisotopic (exact) mass is 495 g/mol. The molecule has 4 aliphatic rings. The minimum absolute atomic E-state index is 0.0196. The van der Waals surface area contributed by atoms with Crippen LogP contribution >= 0.6 is 0 Å². The molecule has 4 saturated carbocycles. The van der Waals surface area contributed by atoms with Gasteiger partial charge in [0.1, 0.15) is 0 Å². The number of isocyanates is 1. The van der Waals surface area contributed by atoms with Crippen LogP contribution in [0.2, 0.25) is 0 Å². The van der Waals surface area contributed by atoms with Gasteiger partial charge in [-0.05, 0) is 91.3 Å². The molecule has 0 radical (unpaired) electrons. The summed E-state index contributed by atoms with van der Waals surface area (Å²) < 4.78 is 37.2. The molecule has 11 atom stereocenters. The fourth-order valence-corrected chi connectivity index (χ4v) is 9.85. The standard InChI is InChI=1S/C28H43F2NO4/c1-6-18-24(34)23-20-8-7-19(16(2)11-14-31-15-32)26(20,4)12-9-21(23)27(5)13-10-22(35-17(3)33)28(29,30)25(18)27/h16,18-25,34H,6-14H2,1-5H3/t16-,18+,19?,20?,21?,22-,23?,24-,25+,26-,27-/m1/s1. The molecule has 0 heterocycles. The zero-order chi connectivity index (χ0) is 25.8. The lowest BCUT2D eigenvalue weighted by atomic mass is 9.40. The van der Waals surface area contributed by atoms with Gasteiger partial charge in [0.2, 0.25) is 6.08 Å². The van der Waals surface area contributed by atoms with Crippen molar-refractivity contribution in [1.82, 2.24) is 0 Å². The Hall–Kier alpha value is -1.33. The van der Waals surface area contributed by atoms with Gasteiger partial charge in [-0.15, -0.1) is 0 Å². The summed E-state index contributed by atoms with van der Waals surface area (Å²) in [5.74, 6) is -4.07. The van der Waals surface area contributed by atoms with E-state index in [-0.39, 0.29) is 23.7 Å². The molecule has 0 aromatic carbocycles. The summed E-state index contributed by atoms with van der Waals surface area (Å²) in [6, 6.07) is 0. The van der Waals surface area contributed by atoms with Gasteiger partial charge in [0.25, 0.3) is 5.92 Å². The van der Waals surface area contributed by atoms with E-state index in [4.69, 9.17) is 4.74 Å². The highest BCUT2D eigenvalue weighted by Crippen LogP contribution is 2.71. The molecule has 0 aromatic heterocycles. The predicted octanol–water partition coefficient (Wildman–Crippen LogP) is 5.79. The average molecular weight is 496 g/mol. The fourth-order valence-electron chi connectivity index (χ4n) is 9.85. The van der Waals surface area contributed by atoms with Crippen molar-refractivity contribution < 1.29 is 28.2 Å². The van der Waals surface area contributed by atoms with Crippen molar-refractivity contribution >= 4 is 12.0 Å². The van der Waals surface area contributed by atoms with Crippen LogP contribution in [0.15, 0.2) is 4.99 Å². The number of fused-ring (bicyclic) bond motifs is 5. The van der Waals surface area contributed by atoms with Crippen molar-refractivity contribution in [3.05, 3.63) is 0 Å². The van der Waals surface area contributed by atoms with Crippen molar-refractivity contribution in [3.8, 4) is 0 Å². The van der Waals surface area contributed by atoms with E-state index in [9.17, 15) is 14.7 Å². The Labute approximate surface area is 208 Å². The number of hydrogen-bond acceptors (Lipinski definition) is 5. The third-order valence-corrected chi connectivity index (χ3v) is 11.2. The quantitative estimate of drug-likeness (QED) is 0.287. The Morgan fingerprint density at radius 1 is 1.14 bits per heavy atom. The Morgan fingerprint density at radius 2 is 1.80 bits per heavy atom.